The molecule has 1 unspecified atom stereocenters. The highest BCUT2D eigenvalue weighted by Crippen LogP contribution is 2.38. The third-order valence-electron chi connectivity index (χ3n) is 5.83. The largest absolute Gasteiger partial charge is 0.497 e. The Balaban J connectivity index is 1.76. The van der Waals surface area contributed by atoms with Crippen LogP contribution in [0.4, 0.5) is 5.95 Å². The van der Waals surface area contributed by atoms with Crippen LogP contribution in [-0.2, 0) is 0 Å². The SMILES string of the molecule is COc1cccc(C(=O)N2CCCC2c2nc(N(C)C)ncc2-c2ccc(C(N)=O)cc2)c1. The summed E-state index contributed by atoms with van der Waals surface area (Å²) in [5, 5.41) is 0. The zero-order valence-corrected chi connectivity index (χ0v) is 19.0. The number of amides is 2. The van der Waals surface area contributed by atoms with Crippen LogP contribution in [0.5, 0.6) is 5.75 Å². The van der Waals surface area contributed by atoms with E-state index in [-0.39, 0.29) is 11.9 Å². The maximum Gasteiger partial charge on any atom is 0.254 e. The summed E-state index contributed by atoms with van der Waals surface area (Å²) in [6.07, 6.45) is 3.46. The van der Waals surface area contributed by atoms with Crippen molar-refractivity contribution in [2.75, 3.05) is 32.6 Å². The summed E-state index contributed by atoms with van der Waals surface area (Å²) in [6, 6.07) is 14.0. The minimum absolute atomic E-state index is 0.0589. The van der Waals surface area contributed by atoms with Crippen LogP contribution in [0.2, 0.25) is 0 Å². The number of carbonyl (C=O) groups excluding carboxylic acids is 2. The molecule has 1 saturated heterocycles. The fourth-order valence-electron chi connectivity index (χ4n) is 4.11. The van der Waals surface area contributed by atoms with Gasteiger partial charge in [-0.2, -0.15) is 0 Å². The highest BCUT2D eigenvalue weighted by Gasteiger charge is 2.34. The van der Waals surface area contributed by atoms with E-state index in [2.05, 4.69) is 4.98 Å². The van der Waals surface area contributed by atoms with Crippen LogP contribution in [-0.4, -0.2) is 54.4 Å². The Morgan fingerprint density at radius 3 is 2.55 bits per heavy atom. The maximum absolute atomic E-state index is 13.5. The fraction of sp³-hybridized carbons (Fsp3) is 0.280. The number of rotatable bonds is 6. The van der Waals surface area contributed by atoms with Crippen LogP contribution in [0.25, 0.3) is 11.1 Å². The standard InChI is InChI=1S/C25H27N5O3/c1-29(2)25-27-15-20(16-9-11-17(12-10-16)23(26)31)22(28-25)21-8-5-13-30(21)24(32)18-6-4-7-19(14-18)33-3/h4,6-7,9-12,14-15,21H,5,8,13H2,1-3H3,(H2,26,31). The number of benzene rings is 2. The minimum Gasteiger partial charge on any atom is -0.497 e. The van der Waals surface area contributed by atoms with E-state index in [0.717, 1.165) is 29.7 Å². The molecule has 8 heteroatoms. The van der Waals surface area contributed by atoms with Crippen LogP contribution in [0, 0.1) is 0 Å². The van der Waals surface area contributed by atoms with E-state index in [1.54, 1.807) is 37.6 Å². The van der Waals surface area contributed by atoms with Gasteiger partial charge in [0, 0.05) is 43.5 Å². The number of hydrogen-bond donors (Lipinski definition) is 1. The number of methoxy groups -OCH3 is 1. The second kappa shape index (κ2) is 9.28. The summed E-state index contributed by atoms with van der Waals surface area (Å²) in [7, 11) is 5.35. The van der Waals surface area contributed by atoms with E-state index in [4.69, 9.17) is 15.5 Å². The van der Waals surface area contributed by atoms with Crippen LogP contribution >= 0.6 is 0 Å². The monoisotopic (exact) mass is 445 g/mol. The maximum atomic E-state index is 13.5. The molecule has 8 nitrogen and oxygen atoms in total. The highest BCUT2D eigenvalue weighted by molar-refractivity contribution is 5.95. The van der Waals surface area contributed by atoms with Crippen molar-refractivity contribution in [1.29, 1.82) is 0 Å². The van der Waals surface area contributed by atoms with Gasteiger partial charge in [-0.25, -0.2) is 9.97 Å². The first-order valence-electron chi connectivity index (χ1n) is 10.8. The van der Waals surface area contributed by atoms with Crippen molar-refractivity contribution < 1.29 is 14.3 Å². The molecule has 0 radical (unpaired) electrons. The average Bonchev–Trinajstić information content (AvgIpc) is 3.33. The lowest BCUT2D eigenvalue weighted by Gasteiger charge is -2.27. The summed E-state index contributed by atoms with van der Waals surface area (Å²) in [5.41, 5.74) is 8.88. The van der Waals surface area contributed by atoms with Gasteiger partial charge in [0.25, 0.3) is 5.91 Å². The van der Waals surface area contributed by atoms with Crippen LogP contribution in [0.1, 0.15) is 45.3 Å². The Bertz CT molecular complexity index is 1180. The Hall–Kier alpha value is -3.94. The molecule has 1 atom stereocenters. The smallest absolute Gasteiger partial charge is 0.254 e. The van der Waals surface area contributed by atoms with Crippen LogP contribution in [0.15, 0.2) is 54.7 Å². The molecule has 0 aliphatic carbocycles. The molecule has 1 fully saturated rings. The van der Waals surface area contributed by atoms with Crippen molar-refractivity contribution >= 4 is 17.8 Å². The molecule has 2 aromatic carbocycles. The molecule has 0 saturated carbocycles. The van der Waals surface area contributed by atoms with Gasteiger partial charge in [-0.15, -0.1) is 0 Å². The summed E-state index contributed by atoms with van der Waals surface area (Å²) in [5.74, 6) is 0.676. The lowest BCUT2D eigenvalue weighted by molar-refractivity contribution is 0.0732. The Kier molecular flexibility index (Phi) is 6.26. The first kappa shape index (κ1) is 22.3. The zero-order chi connectivity index (χ0) is 23.5. The summed E-state index contributed by atoms with van der Waals surface area (Å²) >= 11 is 0. The van der Waals surface area contributed by atoms with Gasteiger partial charge in [0.2, 0.25) is 11.9 Å². The second-order valence-corrected chi connectivity index (χ2v) is 8.19. The topological polar surface area (TPSA) is 102 Å². The molecule has 2 amide bonds. The number of nitrogens with zero attached hydrogens (tertiary/aromatic N) is 4. The number of hydrogen-bond acceptors (Lipinski definition) is 6. The average molecular weight is 446 g/mol. The normalized spacial score (nSPS) is 15.4. The van der Waals surface area contributed by atoms with Gasteiger partial charge in [-0.05, 0) is 48.7 Å². The molecular formula is C25H27N5O3. The quantitative estimate of drug-likeness (QED) is 0.625. The minimum atomic E-state index is -0.480. The van der Waals surface area contributed by atoms with Gasteiger partial charge in [-0.3, -0.25) is 9.59 Å². The molecule has 1 aliphatic rings. The summed E-state index contributed by atoms with van der Waals surface area (Å²) in [6.45, 7) is 0.641. The predicted octanol–water partition coefficient (Wildman–Crippen LogP) is 3.29. The van der Waals surface area contributed by atoms with Gasteiger partial charge < -0.3 is 20.3 Å². The van der Waals surface area contributed by atoms with Crippen molar-refractivity contribution in [3.8, 4) is 16.9 Å². The van der Waals surface area contributed by atoms with E-state index in [9.17, 15) is 9.59 Å². The lowest BCUT2D eigenvalue weighted by atomic mass is 9.98. The van der Waals surface area contributed by atoms with E-state index in [0.29, 0.717) is 29.4 Å². The molecule has 1 aliphatic heterocycles. The number of nitrogens with two attached hydrogens (primary N) is 1. The number of aromatic nitrogens is 2. The van der Waals surface area contributed by atoms with E-state index < -0.39 is 5.91 Å². The first-order valence-corrected chi connectivity index (χ1v) is 10.8. The van der Waals surface area contributed by atoms with Gasteiger partial charge in [0.15, 0.2) is 0 Å². The number of anilines is 1. The predicted molar refractivity (Wildman–Crippen MR) is 126 cm³/mol. The van der Waals surface area contributed by atoms with E-state index in [1.165, 1.54) is 0 Å². The molecule has 170 valence electrons. The van der Waals surface area contributed by atoms with Crippen LogP contribution < -0.4 is 15.4 Å². The van der Waals surface area contributed by atoms with Gasteiger partial charge in [0.1, 0.15) is 5.75 Å². The van der Waals surface area contributed by atoms with E-state index in [1.807, 2.05) is 48.2 Å². The van der Waals surface area contributed by atoms with Gasteiger partial charge in [-0.1, -0.05) is 18.2 Å². The van der Waals surface area contributed by atoms with Gasteiger partial charge in [0.05, 0.1) is 18.8 Å². The number of ether oxygens (including phenoxy) is 1. The zero-order valence-electron chi connectivity index (χ0n) is 19.0. The van der Waals surface area contributed by atoms with Crippen molar-refractivity contribution in [1.82, 2.24) is 14.9 Å². The molecular weight excluding hydrogens is 418 g/mol. The van der Waals surface area contributed by atoms with E-state index >= 15 is 0 Å². The molecule has 2 heterocycles. The van der Waals surface area contributed by atoms with Crippen molar-refractivity contribution in [3.63, 3.8) is 0 Å². The summed E-state index contributed by atoms with van der Waals surface area (Å²) in [4.78, 5) is 38.0. The number of primary amides is 1. The molecule has 4 rings (SSSR count). The fourth-order valence-corrected chi connectivity index (χ4v) is 4.11. The highest BCUT2D eigenvalue weighted by atomic mass is 16.5. The lowest BCUT2D eigenvalue weighted by Crippen LogP contribution is -2.31. The third kappa shape index (κ3) is 4.50. The first-order chi connectivity index (χ1) is 15.9. The van der Waals surface area contributed by atoms with Gasteiger partial charge >= 0.3 is 0 Å². The van der Waals surface area contributed by atoms with Crippen molar-refractivity contribution in [2.24, 2.45) is 5.73 Å². The second-order valence-electron chi connectivity index (χ2n) is 8.19. The Labute approximate surface area is 193 Å². The Morgan fingerprint density at radius 2 is 1.88 bits per heavy atom. The molecule has 3 aromatic rings. The molecule has 0 spiro atoms. The molecule has 0 bridgehead atoms. The summed E-state index contributed by atoms with van der Waals surface area (Å²) < 4.78 is 5.29. The Morgan fingerprint density at radius 1 is 1.12 bits per heavy atom. The van der Waals surface area contributed by atoms with Crippen molar-refractivity contribution in [3.05, 3.63) is 71.5 Å². The number of carbonyl (C=O) groups is 2. The molecule has 2 N–H and O–H groups in total. The van der Waals surface area contributed by atoms with Crippen LogP contribution in [0.3, 0.4) is 0 Å². The number of likely N-dealkylation sites (tertiary alicyclic amines) is 1. The van der Waals surface area contributed by atoms with Crippen molar-refractivity contribution in [2.45, 2.75) is 18.9 Å². The molecule has 1 aromatic heterocycles. The molecule has 33 heavy (non-hydrogen) atoms. The third-order valence-corrected chi connectivity index (χ3v) is 5.83.